The quantitative estimate of drug-likeness (QED) is 0.0768. The second-order valence-corrected chi connectivity index (χ2v) is 20.1. The number of piperazine rings is 1. The van der Waals surface area contributed by atoms with Gasteiger partial charge in [-0.15, -0.1) is 10.2 Å². The third kappa shape index (κ3) is 14.0. The third-order valence-electron chi connectivity index (χ3n) is 14.9. The van der Waals surface area contributed by atoms with Gasteiger partial charge in [-0.1, -0.05) is 51.2 Å². The van der Waals surface area contributed by atoms with Gasteiger partial charge in [0.05, 0.1) is 36.0 Å². The van der Waals surface area contributed by atoms with Crippen molar-refractivity contribution >= 4 is 29.8 Å². The molecule has 0 unspecified atom stereocenters. The number of aldehydes is 1. The number of likely N-dealkylation sites (tertiary alicyclic amines) is 1. The summed E-state index contributed by atoms with van der Waals surface area (Å²) in [5.41, 5.74) is 5.40. The van der Waals surface area contributed by atoms with Crippen LogP contribution in [0.1, 0.15) is 116 Å². The van der Waals surface area contributed by atoms with E-state index in [2.05, 4.69) is 48.2 Å². The first-order chi connectivity index (χ1) is 35.4. The van der Waals surface area contributed by atoms with Gasteiger partial charge in [-0.3, -0.25) is 33.8 Å². The van der Waals surface area contributed by atoms with Crippen LogP contribution in [0, 0.1) is 5.92 Å². The number of alkyl halides is 3. The largest absolute Gasteiger partial charge is 0.418 e. The molecule has 3 saturated heterocycles. The number of imidazole rings is 1. The Morgan fingerprint density at radius 3 is 2.21 bits per heavy atom. The monoisotopic (exact) mass is 1010 g/mol. The molecule has 5 aromatic rings. The van der Waals surface area contributed by atoms with E-state index in [1.807, 2.05) is 25.2 Å². The number of ether oxygens (including phenoxy) is 1. The highest BCUT2D eigenvalue weighted by atomic mass is 19.4. The molecule has 3 aromatic heterocycles. The predicted octanol–water partition coefficient (Wildman–Crippen LogP) is 6.90. The van der Waals surface area contributed by atoms with E-state index in [0.29, 0.717) is 68.3 Å². The minimum Gasteiger partial charge on any atom is -0.377 e. The SMILES string of the molecule is C1CCC1.CCCCC=O.Cn1cnnc1Cc1cccc(-n2cc3c(C(F)(F)F)cc(CN4CCC(OCCN5CCN(CC6CCN(c7ccc8c(c7)CN(NC=O)C8=O)CC6)CC5)CC4)cn3c2=O)c1. The van der Waals surface area contributed by atoms with Gasteiger partial charge in [-0.2, -0.15) is 13.2 Å². The zero-order valence-corrected chi connectivity index (χ0v) is 42.5. The zero-order valence-electron chi connectivity index (χ0n) is 42.5. The molecule has 19 heteroatoms. The Kier molecular flexibility index (Phi) is 18.6. The summed E-state index contributed by atoms with van der Waals surface area (Å²) in [5, 5.41) is 9.37. The lowest BCUT2D eigenvalue weighted by molar-refractivity contribution is -0.136. The maximum Gasteiger partial charge on any atom is 0.418 e. The first kappa shape index (κ1) is 53.4. The molecule has 1 N–H and O–H groups in total. The maximum absolute atomic E-state index is 14.5. The molecule has 4 fully saturated rings. The van der Waals surface area contributed by atoms with Gasteiger partial charge < -0.3 is 23.9 Å². The smallest absolute Gasteiger partial charge is 0.377 e. The Labute approximate surface area is 426 Å². The average Bonchev–Trinajstić information content (AvgIpc) is 4.04. The number of halogens is 3. The summed E-state index contributed by atoms with van der Waals surface area (Å²) in [7, 11) is 1.84. The molecular weight excluding hydrogens is 940 g/mol. The summed E-state index contributed by atoms with van der Waals surface area (Å²) >= 11 is 0. The Morgan fingerprint density at radius 1 is 0.822 bits per heavy atom. The summed E-state index contributed by atoms with van der Waals surface area (Å²) in [6.07, 6.45) is 14.6. The maximum atomic E-state index is 14.5. The van der Waals surface area contributed by atoms with Crippen molar-refractivity contribution in [3.8, 4) is 5.69 Å². The zero-order chi connectivity index (χ0) is 51.3. The molecule has 4 aliphatic heterocycles. The molecule has 0 atom stereocenters. The molecule has 0 radical (unpaired) electrons. The topological polar surface area (TPSA) is 146 Å². The molecule has 1 saturated carbocycles. The highest BCUT2D eigenvalue weighted by Gasteiger charge is 2.35. The second-order valence-electron chi connectivity index (χ2n) is 20.1. The Morgan fingerprint density at radius 2 is 1.56 bits per heavy atom. The number of rotatable bonds is 17. The number of fused-ring (bicyclic) bond motifs is 2. The van der Waals surface area contributed by atoms with Gasteiger partial charge in [0.25, 0.3) is 5.91 Å². The van der Waals surface area contributed by atoms with Gasteiger partial charge in [0.15, 0.2) is 0 Å². The standard InChI is InChI=1S/C45H54F3N11O4.C5H10O.C4H8/c1-52-30-49-51-42(52)23-33-3-2-4-37(21-33)57-29-41-40(45(46,47)48)22-34(27-58(41)44(57)62)26-54-11-9-38(10-12-54)63-20-19-53-15-17-55(18-16-53)25-32-7-13-56(14-8-32)36-5-6-39-35(24-36)28-59(43(39)61)50-31-60;1-2-3-4-5-6;1-2-4-3-1/h2-6,21-22,24,27,29-32,38H,7-20,23,25-26,28H2,1H3,(H,50,60);5H,2-4H2,1H3;1-4H2. The van der Waals surface area contributed by atoms with E-state index in [1.54, 1.807) is 35.3 Å². The van der Waals surface area contributed by atoms with Crippen molar-refractivity contribution in [3.63, 3.8) is 0 Å². The lowest BCUT2D eigenvalue weighted by atomic mass is 9.95. The number of benzene rings is 2. The number of amides is 2. The van der Waals surface area contributed by atoms with Crippen LogP contribution in [0.5, 0.6) is 0 Å². The minimum absolute atomic E-state index is 0.108. The number of hydrazine groups is 1. The summed E-state index contributed by atoms with van der Waals surface area (Å²) < 4.78 is 54.0. The lowest BCUT2D eigenvalue weighted by Gasteiger charge is -2.39. The van der Waals surface area contributed by atoms with Crippen molar-refractivity contribution in [2.75, 3.05) is 77.0 Å². The van der Waals surface area contributed by atoms with Crippen molar-refractivity contribution in [2.24, 2.45) is 13.0 Å². The summed E-state index contributed by atoms with van der Waals surface area (Å²) in [6, 6.07) is 14.3. The molecule has 394 valence electrons. The van der Waals surface area contributed by atoms with Crippen LogP contribution < -0.4 is 16.0 Å². The number of anilines is 1. The Bertz CT molecular complexity index is 2650. The minimum atomic E-state index is -4.64. The van der Waals surface area contributed by atoms with E-state index >= 15 is 0 Å². The number of hydrogen-bond donors (Lipinski definition) is 1. The fourth-order valence-corrected chi connectivity index (χ4v) is 10.2. The van der Waals surface area contributed by atoms with Crippen LogP contribution in [0.4, 0.5) is 18.9 Å². The van der Waals surface area contributed by atoms with E-state index < -0.39 is 17.4 Å². The number of nitrogens with zero attached hydrogens (tertiary/aromatic N) is 10. The summed E-state index contributed by atoms with van der Waals surface area (Å²) in [6.45, 7) is 12.9. The van der Waals surface area contributed by atoms with E-state index in [4.69, 9.17) is 4.74 Å². The van der Waals surface area contributed by atoms with E-state index in [1.165, 1.54) is 47.5 Å². The second kappa shape index (κ2) is 25.4. The van der Waals surface area contributed by atoms with Gasteiger partial charge in [0, 0.05) is 116 Å². The molecule has 2 amide bonds. The summed E-state index contributed by atoms with van der Waals surface area (Å²) in [4.78, 5) is 56.2. The molecular formula is C54H72F3N11O5. The van der Waals surface area contributed by atoms with Gasteiger partial charge in [-0.25, -0.2) is 9.80 Å². The molecule has 0 bridgehead atoms. The molecule has 5 aliphatic rings. The van der Waals surface area contributed by atoms with Crippen LogP contribution in [0.25, 0.3) is 11.2 Å². The highest BCUT2D eigenvalue weighted by Crippen LogP contribution is 2.34. The van der Waals surface area contributed by atoms with Crippen LogP contribution in [0.3, 0.4) is 0 Å². The first-order valence-electron chi connectivity index (χ1n) is 26.3. The van der Waals surface area contributed by atoms with Crippen LogP contribution >= 0.6 is 0 Å². The molecule has 16 nitrogen and oxygen atoms in total. The number of hydrogen-bond acceptors (Lipinski definition) is 11. The van der Waals surface area contributed by atoms with Gasteiger partial charge >= 0.3 is 11.9 Å². The van der Waals surface area contributed by atoms with Gasteiger partial charge in [-0.05, 0) is 91.1 Å². The van der Waals surface area contributed by atoms with Crippen molar-refractivity contribution in [3.05, 3.63) is 111 Å². The van der Waals surface area contributed by atoms with E-state index in [-0.39, 0.29) is 17.5 Å². The van der Waals surface area contributed by atoms with Crippen molar-refractivity contribution in [2.45, 2.75) is 109 Å². The van der Waals surface area contributed by atoms with Gasteiger partial charge in [0.1, 0.15) is 18.4 Å². The Balaban J connectivity index is 0.000000643. The van der Waals surface area contributed by atoms with Crippen LogP contribution in [-0.2, 0) is 47.1 Å². The predicted molar refractivity (Wildman–Crippen MR) is 273 cm³/mol. The Hall–Kier alpha value is -5.89. The normalized spacial score (nSPS) is 18.2. The molecule has 73 heavy (non-hydrogen) atoms. The molecule has 0 spiro atoms. The number of aryl methyl sites for hydroxylation is 1. The van der Waals surface area contributed by atoms with Crippen molar-refractivity contribution < 1.29 is 32.3 Å². The van der Waals surface area contributed by atoms with E-state index in [0.717, 1.165) is 131 Å². The molecule has 2 aromatic carbocycles. The fourth-order valence-electron chi connectivity index (χ4n) is 10.2. The molecule has 7 heterocycles. The van der Waals surface area contributed by atoms with Crippen LogP contribution in [0.2, 0.25) is 0 Å². The average molecular weight is 1010 g/mol. The highest BCUT2D eigenvalue weighted by molar-refractivity contribution is 5.99. The van der Waals surface area contributed by atoms with E-state index in [9.17, 15) is 32.3 Å². The number of aromatic nitrogens is 5. The van der Waals surface area contributed by atoms with Crippen LogP contribution in [0.15, 0.2) is 72.0 Å². The number of pyridine rings is 1. The number of unbranched alkanes of at least 4 members (excludes halogenated alkanes) is 2. The number of nitrogens with one attached hydrogen (secondary N) is 1. The number of piperidine rings is 2. The van der Waals surface area contributed by atoms with Crippen LogP contribution in [-0.4, -0.2) is 140 Å². The van der Waals surface area contributed by atoms with Gasteiger partial charge in [0.2, 0.25) is 6.41 Å². The van der Waals surface area contributed by atoms with Crippen molar-refractivity contribution in [1.29, 1.82) is 0 Å². The third-order valence-corrected chi connectivity index (χ3v) is 14.9. The molecule has 1 aliphatic carbocycles. The first-order valence-corrected chi connectivity index (χ1v) is 26.3. The number of carbonyl (C=O) groups is 3. The fraction of sp³-hybridized carbons (Fsp3) is 0.556. The molecule has 10 rings (SSSR count). The lowest BCUT2D eigenvalue weighted by Crippen LogP contribution is -2.49. The van der Waals surface area contributed by atoms with Crippen molar-refractivity contribution in [1.82, 2.24) is 48.9 Å². The number of carbonyl (C=O) groups excluding carboxylic acids is 3. The summed E-state index contributed by atoms with van der Waals surface area (Å²) in [5.74, 6) is 1.21.